The molecule has 0 aromatic heterocycles. The molecule has 3 nitrogen and oxygen atoms in total. The Balaban J connectivity index is 2.06. The van der Waals surface area contributed by atoms with Crippen LogP contribution in [-0.2, 0) is 0 Å². The Morgan fingerprint density at radius 2 is 2.12 bits per heavy atom. The Bertz CT molecular complexity index is 397. The molecule has 0 spiro atoms. The summed E-state index contributed by atoms with van der Waals surface area (Å²) < 4.78 is 11.4. The van der Waals surface area contributed by atoms with Crippen LogP contribution in [0.1, 0.15) is 23.5 Å². The lowest BCUT2D eigenvalue weighted by molar-refractivity contribution is 0.169. The molecule has 86 valence electrons. The van der Waals surface area contributed by atoms with Gasteiger partial charge in [0.2, 0.25) is 0 Å². The minimum absolute atomic E-state index is 0.580. The van der Waals surface area contributed by atoms with E-state index in [2.05, 4.69) is 18.3 Å². The van der Waals surface area contributed by atoms with Gasteiger partial charge in [-0.25, -0.2) is 0 Å². The molecule has 1 fully saturated rings. The molecule has 3 heteroatoms. The van der Waals surface area contributed by atoms with Crippen LogP contribution in [0, 0.1) is 6.92 Å². The van der Waals surface area contributed by atoms with Crippen molar-refractivity contribution >= 4 is 0 Å². The average Bonchev–Trinajstić information content (AvgIpc) is 2.82. The molecular weight excluding hydrogens is 202 g/mol. The number of nitrogens with one attached hydrogen (secondary N) is 1. The van der Waals surface area contributed by atoms with Gasteiger partial charge >= 0.3 is 0 Å². The van der Waals surface area contributed by atoms with E-state index in [0.717, 1.165) is 24.6 Å². The summed E-state index contributed by atoms with van der Waals surface area (Å²) in [7, 11) is 0. The molecule has 0 aliphatic carbocycles. The minimum atomic E-state index is 0.580. The summed E-state index contributed by atoms with van der Waals surface area (Å²) in [5.41, 5.74) is 2.67. The Morgan fingerprint density at radius 3 is 2.94 bits per heavy atom. The van der Waals surface area contributed by atoms with Gasteiger partial charge in [-0.2, -0.15) is 0 Å². The van der Waals surface area contributed by atoms with E-state index in [9.17, 15) is 0 Å². The molecular formula is C13H17NO2. The zero-order valence-corrected chi connectivity index (χ0v) is 9.58. The Hall–Kier alpha value is -1.22. The van der Waals surface area contributed by atoms with Crippen molar-refractivity contribution in [3.63, 3.8) is 0 Å². The molecule has 1 atom stereocenters. The van der Waals surface area contributed by atoms with Crippen LogP contribution < -0.4 is 14.8 Å². The molecule has 2 heterocycles. The number of ether oxygens (including phenoxy) is 2. The van der Waals surface area contributed by atoms with Crippen LogP contribution in [0.25, 0.3) is 0 Å². The minimum Gasteiger partial charge on any atom is -0.486 e. The van der Waals surface area contributed by atoms with Crippen LogP contribution in [0.15, 0.2) is 12.1 Å². The number of rotatable bonds is 1. The van der Waals surface area contributed by atoms with E-state index in [4.69, 9.17) is 9.47 Å². The van der Waals surface area contributed by atoms with E-state index >= 15 is 0 Å². The normalized spacial score (nSPS) is 23.4. The Kier molecular flexibility index (Phi) is 2.48. The van der Waals surface area contributed by atoms with Crippen molar-refractivity contribution in [3.05, 3.63) is 23.3 Å². The molecule has 1 saturated heterocycles. The van der Waals surface area contributed by atoms with Crippen molar-refractivity contribution < 1.29 is 9.47 Å². The summed E-state index contributed by atoms with van der Waals surface area (Å²) in [5.74, 6) is 2.48. The molecule has 0 saturated carbocycles. The summed E-state index contributed by atoms with van der Waals surface area (Å²) in [4.78, 5) is 0. The second-order valence-electron chi connectivity index (χ2n) is 4.51. The summed E-state index contributed by atoms with van der Waals surface area (Å²) in [6, 6.07) is 4.16. The van der Waals surface area contributed by atoms with Crippen molar-refractivity contribution in [1.29, 1.82) is 0 Å². The molecule has 0 radical (unpaired) electrons. The van der Waals surface area contributed by atoms with Crippen molar-refractivity contribution in [3.8, 4) is 11.5 Å². The molecule has 3 rings (SSSR count). The van der Waals surface area contributed by atoms with Gasteiger partial charge in [0, 0.05) is 18.0 Å². The predicted octanol–water partition coefficient (Wildman–Crippen LogP) is 1.84. The monoisotopic (exact) mass is 219 g/mol. The van der Waals surface area contributed by atoms with Crippen LogP contribution in [-0.4, -0.2) is 26.3 Å². The molecule has 1 N–H and O–H groups in total. The summed E-state index contributed by atoms with van der Waals surface area (Å²) in [6.07, 6.45) is 1.20. The summed E-state index contributed by atoms with van der Waals surface area (Å²) in [6.45, 7) is 5.66. The van der Waals surface area contributed by atoms with Crippen molar-refractivity contribution in [2.75, 3.05) is 26.3 Å². The fourth-order valence-corrected chi connectivity index (χ4v) is 2.64. The maximum Gasteiger partial charge on any atom is 0.165 e. The number of fused-ring (bicyclic) bond motifs is 1. The Labute approximate surface area is 95.8 Å². The van der Waals surface area contributed by atoms with Crippen molar-refractivity contribution in [1.82, 2.24) is 5.32 Å². The van der Waals surface area contributed by atoms with Crippen LogP contribution in [0.5, 0.6) is 11.5 Å². The first kappa shape index (κ1) is 9.97. The number of hydrogen-bond acceptors (Lipinski definition) is 3. The van der Waals surface area contributed by atoms with Crippen LogP contribution in [0.4, 0.5) is 0 Å². The highest BCUT2D eigenvalue weighted by atomic mass is 16.6. The lowest BCUT2D eigenvalue weighted by atomic mass is 9.92. The van der Waals surface area contributed by atoms with Crippen LogP contribution in [0.3, 0.4) is 0 Å². The second kappa shape index (κ2) is 3.98. The smallest absolute Gasteiger partial charge is 0.165 e. The third-order valence-electron chi connectivity index (χ3n) is 3.43. The average molecular weight is 219 g/mol. The SMILES string of the molecule is Cc1ccc2c(c1C1CCNC1)OCCO2. The second-order valence-corrected chi connectivity index (χ2v) is 4.51. The van der Waals surface area contributed by atoms with Crippen molar-refractivity contribution in [2.24, 2.45) is 0 Å². The van der Waals surface area contributed by atoms with Gasteiger partial charge in [0.15, 0.2) is 11.5 Å². The van der Waals surface area contributed by atoms with Gasteiger partial charge in [0.25, 0.3) is 0 Å². The third kappa shape index (κ3) is 1.55. The number of benzene rings is 1. The van der Waals surface area contributed by atoms with Gasteiger partial charge in [-0.15, -0.1) is 0 Å². The van der Waals surface area contributed by atoms with Gasteiger partial charge in [-0.3, -0.25) is 0 Å². The molecule has 2 aliphatic heterocycles. The van der Waals surface area contributed by atoms with E-state index in [1.807, 2.05) is 6.07 Å². The van der Waals surface area contributed by atoms with Crippen LogP contribution >= 0.6 is 0 Å². The van der Waals surface area contributed by atoms with Crippen LogP contribution in [0.2, 0.25) is 0 Å². The van der Waals surface area contributed by atoms with Gasteiger partial charge in [-0.05, 0) is 31.5 Å². The van der Waals surface area contributed by atoms with Crippen molar-refractivity contribution in [2.45, 2.75) is 19.3 Å². The molecule has 1 unspecified atom stereocenters. The third-order valence-corrected chi connectivity index (χ3v) is 3.43. The van der Waals surface area contributed by atoms with E-state index in [1.165, 1.54) is 17.5 Å². The molecule has 0 bridgehead atoms. The zero-order valence-electron chi connectivity index (χ0n) is 9.58. The lowest BCUT2D eigenvalue weighted by Crippen LogP contribution is -2.18. The lowest BCUT2D eigenvalue weighted by Gasteiger charge is -2.24. The fraction of sp³-hybridized carbons (Fsp3) is 0.538. The Morgan fingerprint density at radius 1 is 1.25 bits per heavy atom. The molecule has 2 aliphatic rings. The van der Waals surface area contributed by atoms with E-state index < -0.39 is 0 Å². The summed E-state index contributed by atoms with van der Waals surface area (Å²) >= 11 is 0. The van der Waals surface area contributed by atoms with Gasteiger partial charge in [0.05, 0.1) is 0 Å². The summed E-state index contributed by atoms with van der Waals surface area (Å²) in [5, 5.41) is 3.41. The maximum atomic E-state index is 5.80. The van der Waals surface area contributed by atoms with E-state index in [-0.39, 0.29) is 0 Å². The fourth-order valence-electron chi connectivity index (χ4n) is 2.64. The quantitative estimate of drug-likeness (QED) is 0.782. The predicted molar refractivity (Wildman–Crippen MR) is 62.4 cm³/mol. The highest BCUT2D eigenvalue weighted by Gasteiger charge is 2.26. The van der Waals surface area contributed by atoms with Gasteiger partial charge in [0.1, 0.15) is 13.2 Å². The number of aryl methyl sites for hydroxylation is 1. The highest BCUT2D eigenvalue weighted by Crippen LogP contribution is 2.41. The maximum absolute atomic E-state index is 5.80. The standard InChI is InChI=1S/C13H17NO2/c1-9-2-3-11-13(16-7-6-15-11)12(9)10-4-5-14-8-10/h2-3,10,14H,4-8H2,1H3. The largest absolute Gasteiger partial charge is 0.486 e. The van der Waals surface area contributed by atoms with E-state index in [0.29, 0.717) is 19.1 Å². The topological polar surface area (TPSA) is 30.5 Å². The first-order chi connectivity index (χ1) is 7.86. The first-order valence-corrected chi connectivity index (χ1v) is 5.96. The van der Waals surface area contributed by atoms with Gasteiger partial charge in [-0.1, -0.05) is 6.07 Å². The molecule has 0 amide bonds. The van der Waals surface area contributed by atoms with Gasteiger partial charge < -0.3 is 14.8 Å². The number of hydrogen-bond donors (Lipinski definition) is 1. The molecule has 1 aromatic carbocycles. The molecule has 16 heavy (non-hydrogen) atoms. The van der Waals surface area contributed by atoms with E-state index in [1.54, 1.807) is 0 Å². The molecule has 1 aromatic rings. The zero-order chi connectivity index (χ0) is 11.0. The first-order valence-electron chi connectivity index (χ1n) is 5.96. The highest BCUT2D eigenvalue weighted by molar-refractivity contribution is 5.53.